The van der Waals surface area contributed by atoms with Gasteiger partial charge in [0.15, 0.2) is 11.9 Å². The maximum absolute atomic E-state index is 11.7. The first-order chi connectivity index (χ1) is 9.10. The van der Waals surface area contributed by atoms with Crippen molar-refractivity contribution in [1.82, 2.24) is 14.5 Å². The zero-order valence-electron chi connectivity index (χ0n) is 9.98. The van der Waals surface area contributed by atoms with Crippen molar-refractivity contribution in [3.8, 4) is 0 Å². The molecule has 0 saturated carbocycles. The van der Waals surface area contributed by atoms with Crippen LogP contribution in [-0.4, -0.2) is 43.6 Å². The van der Waals surface area contributed by atoms with Crippen LogP contribution in [0.5, 0.6) is 0 Å². The molecule has 0 aromatic carbocycles. The van der Waals surface area contributed by atoms with Crippen LogP contribution >= 0.6 is 0 Å². The van der Waals surface area contributed by atoms with Gasteiger partial charge in [-0.3, -0.25) is 9.78 Å². The van der Waals surface area contributed by atoms with Crippen molar-refractivity contribution in [3.05, 3.63) is 22.6 Å². The van der Waals surface area contributed by atoms with Crippen molar-refractivity contribution < 1.29 is 14.9 Å². The number of aromatic nitrogens is 3. The van der Waals surface area contributed by atoms with Gasteiger partial charge in [-0.25, -0.2) is 0 Å². The number of H-pyrrole nitrogens is 1. The van der Waals surface area contributed by atoms with Crippen LogP contribution in [0.15, 0.2) is 17.1 Å². The highest BCUT2D eigenvalue weighted by molar-refractivity contribution is 5.76. The van der Waals surface area contributed by atoms with Crippen molar-refractivity contribution >= 4 is 17.0 Å². The van der Waals surface area contributed by atoms with Crippen molar-refractivity contribution in [1.29, 1.82) is 0 Å². The number of nitrogens with zero attached hydrogens (tertiary/aromatic N) is 2. The molecule has 102 valence electrons. The molecule has 19 heavy (non-hydrogen) atoms. The zero-order chi connectivity index (χ0) is 13.6. The standard InChI is InChI=1S/C11H14N4O4/c12-11-13-8-6(9(18)14-11)1-2-15(8)10-7(17)3-5(4-16)19-10/h1-2,5,7,10,16-17H,3-4H2,(H3,12,13,14,18)/t5-,7-,10+/m0/s1. The van der Waals surface area contributed by atoms with Crippen molar-refractivity contribution in [2.75, 3.05) is 12.3 Å². The van der Waals surface area contributed by atoms with Gasteiger partial charge in [-0.2, -0.15) is 4.98 Å². The molecule has 2 aromatic rings. The Morgan fingerprint density at radius 3 is 3.11 bits per heavy atom. The number of nitrogens with two attached hydrogens (primary N) is 1. The van der Waals surface area contributed by atoms with Gasteiger partial charge in [-0.15, -0.1) is 0 Å². The predicted octanol–water partition coefficient (Wildman–Crippen LogP) is -1.05. The number of aromatic amines is 1. The predicted molar refractivity (Wildman–Crippen MR) is 66.4 cm³/mol. The van der Waals surface area contributed by atoms with E-state index in [4.69, 9.17) is 15.6 Å². The molecule has 0 aliphatic carbocycles. The highest BCUT2D eigenvalue weighted by Crippen LogP contribution is 2.30. The van der Waals surface area contributed by atoms with Crippen LogP contribution in [0.25, 0.3) is 11.0 Å². The van der Waals surface area contributed by atoms with Gasteiger partial charge in [0.1, 0.15) is 6.10 Å². The molecule has 3 atom stereocenters. The quantitative estimate of drug-likeness (QED) is 0.549. The van der Waals surface area contributed by atoms with Crippen molar-refractivity contribution in [2.45, 2.75) is 24.9 Å². The largest absolute Gasteiger partial charge is 0.394 e. The lowest BCUT2D eigenvalue weighted by atomic mass is 10.2. The summed E-state index contributed by atoms with van der Waals surface area (Å²) >= 11 is 0. The Kier molecular flexibility index (Phi) is 2.77. The van der Waals surface area contributed by atoms with E-state index in [1.54, 1.807) is 16.8 Å². The summed E-state index contributed by atoms with van der Waals surface area (Å²) in [5.41, 5.74) is 5.53. The number of aliphatic hydroxyl groups is 2. The molecular weight excluding hydrogens is 252 g/mol. The van der Waals surface area contributed by atoms with E-state index < -0.39 is 18.4 Å². The highest BCUT2D eigenvalue weighted by Gasteiger charge is 2.35. The fourth-order valence-corrected chi connectivity index (χ4v) is 2.36. The van der Waals surface area contributed by atoms with Gasteiger partial charge in [0.2, 0.25) is 5.95 Å². The average molecular weight is 266 g/mol. The number of anilines is 1. The van der Waals surface area contributed by atoms with E-state index >= 15 is 0 Å². The summed E-state index contributed by atoms with van der Waals surface area (Å²) in [7, 11) is 0. The molecule has 2 aromatic heterocycles. The minimum absolute atomic E-state index is 0.00337. The SMILES string of the molecule is Nc1nc2c(ccn2[C@@H]2O[C@H](CO)C[C@@H]2O)c(=O)[nH]1. The Morgan fingerprint density at radius 1 is 1.63 bits per heavy atom. The summed E-state index contributed by atoms with van der Waals surface area (Å²) < 4.78 is 7.08. The fraction of sp³-hybridized carbons (Fsp3) is 0.455. The number of aliphatic hydroxyl groups excluding tert-OH is 2. The van der Waals surface area contributed by atoms with Gasteiger partial charge in [-0.1, -0.05) is 0 Å². The molecule has 0 spiro atoms. The first-order valence-electron chi connectivity index (χ1n) is 5.91. The van der Waals surface area contributed by atoms with Crippen LogP contribution in [-0.2, 0) is 4.74 Å². The fourth-order valence-electron chi connectivity index (χ4n) is 2.36. The van der Waals surface area contributed by atoms with Crippen molar-refractivity contribution in [3.63, 3.8) is 0 Å². The lowest BCUT2D eigenvalue weighted by Crippen LogP contribution is -2.20. The molecule has 8 nitrogen and oxygen atoms in total. The molecule has 5 N–H and O–H groups in total. The third-order valence-electron chi connectivity index (χ3n) is 3.24. The van der Waals surface area contributed by atoms with Crippen LogP contribution in [0.1, 0.15) is 12.6 Å². The number of fused-ring (bicyclic) bond motifs is 1. The van der Waals surface area contributed by atoms with Gasteiger partial charge in [0, 0.05) is 12.6 Å². The number of nitrogen functional groups attached to an aromatic ring is 1. The molecule has 1 aliphatic rings. The van der Waals surface area contributed by atoms with E-state index in [9.17, 15) is 9.90 Å². The topological polar surface area (TPSA) is 126 Å². The lowest BCUT2D eigenvalue weighted by Gasteiger charge is -2.17. The molecule has 8 heteroatoms. The van der Waals surface area contributed by atoms with E-state index in [1.165, 1.54) is 0 Å². The smallest absolute Gasteiger partial charge is 0.261 e. The van der Waals surface area contributed by atoms with Gasteiger partial charge >= 0.3 is 0 Å². The van der Waals surface area contributed by atoms with E-state index in [-0.39, 0.29) is 18.1 Å². The maximum atomic E-state index is 11.7. The summed E-state index contributed by atoms with van der Waals surface area (Å²) in [6, 6.07) is 1.59. The number of hydrogen-bond acceptors (Lipinski definition) is 6. The number of rotatable bonds is 2. The van der Waals surface area contributed by atoms with Gasteiger partial charge in [0.25, 0.3) is 5.56 Å². The molecule has 3 heterocycles. The molecule has 1 aliphatic heterocycles. The lowest BCUT2D eigenvalue weighted by molar-refractivity contribution is -0.0484. The van der Waals surface area contributed by atoms with E-state index in [0.717, 1.165) is 0 Å². The van der Waals surface area contributed by atoms with E-state index in [1.807, 2.05) is 0 Å². The summed E-state index contributed by atoms with van der Waals surface area (Å²) in [6.07, 6.45) is 0.0784. The number of hydrogen-bond donors (Lipinski definition) is 4. The molecule has 0 bridgehead atoms. The highest BCUT2D eigenvalue weighted by atomic mass is 16.5. The molecule has 1 saturated heterocycles. The minimum Gasteiger partial charge on any atom is -0.394 e. The summed E-state index contributed by atoms with van der Waals surface area (Å²) in [5, 5.41) is 19.4. The third kappa shape index (κ3) is 1.89. The summed E-state index contributed by atoms with van der Waals surface area (Å²) in [4.78, 5) is 18.2. The first-order valence-corrected chi connectivity index (χ1v) is 5.91. The van der Waals surface area contributed by atoms with Crippen LogP contribution in [0.3, 0.4) is 0 Å². The third-order valence-corrected chi connectivity index (χ3v) is 3.24. The van der Waals surface area contributed by atoms with Gasteiger partial charge in [-0.05, 0) is 6.07 Å². The summed E-state index contributed by atoms with van der Waals surface area (Å²) in [5.74, 6) is 0.00337. The molecule has 1 fully saturated rings. The second-order valence-corrected chi connectivity index (χ2v) is 4.55. The maximum Gasteiger partial charge on any atom is 0.261 e. The zero-order valence-corrected chi connectivity index (χ0v) is 9.98. The Labute approximate surface area is 107 Å². The monoisotopic (exact) mass is 266 g/mol. The van der Waals surface area contributed by atoms with E-state index in [2.05, 4.69) is 9.97 Å². The van der Waals surface area contributed by atoms with Gasteiger partial charge in [0.05, 0.1) is 18.1 Å². The Bertz CT molecular complexity index is 664. The van der Waals surface area contributed by atoms with Crippen LogP contribution in [0.2, 0.25) is 0 Å². The van der Waals surface area contributed by atoms with Crippen LogP contribution < -0.4 is 11.3 Å². The van der Waals surface area contributed by atoms with E-state index in [0.29, 0.717) is 17.5 Å². The Morgan fingerprint density at radius 2 is 2.42 bits per heavy atom. The number of nitrogens with one attached hydrogen (secondary N) is 1. The van der Waals surface area contributed by atoms with Crippen LogP contribution in [0.4, 0.5) is 5.95 Å². The Balaban J connectivity index is 2.09. The van der Waals surface area contributed by atoms with Crippen molar-refractivity contribution in [2.24, 2.45) is 0 Å². The minimum atomic E-state index is -0.768. The first kappa shape index (κ1) is 12.2. The second-order valence-electron chi connectivity index (χ2n) is 4.55. The second kappa shape index (κ2) is 4.34. The summed E-state index contributed by atoms with van der Waals surface area (Å²) in [6.45, 7) is -0.164. The molecule has 0 amide bonds. The Hall–Kier alpha value is -1.90. The van der Waals surface area contributed by atoms with Crippen LogP contribution in [0, 0.1) is 0 Å². The molecule has 0 radical (unpaired) electrons. The normalized spacial score (nSPS) is 27.2. The van der Waals surface area contributed by atoms with Gasteiger partial charge < -0.3 is 25.3 Å². The average Bonchev–Trinajstić information content (AvgIpc) is 2.92. The number of ether oxygens (including phenoxy) is 1. The molecule has 0 unspecified atom stereocenters. The molecular formula is C11H14N4O4. The molecule has 3 rings (SSSR count).